The van der Waals surface area contributed by atoms with Crippen LogP contribution in [0.1, 0.15) is 129 Å². The van der Waals surface area contributed by atoms with E-state index in [1.807, 2.05) is 11.0 Å². The average Bonchev–Trinajstić information content (AvgIpc) is 3.41. The number of piperidine rings is 1. The summed E-state index contributed by atoms with van der Waals surface area (Å²) in [6.45, 7) is 15.8. The normalized spacial score (nSPS) is 24.9. The standard InChI is InChI=1S/C27H38N2O4.C7H16.C5H7B3F2S/c1-4-28-18-10-13-29(14-11-18)26(31)33-24-15-17-5-6-20-19(21(17)16-23(24)32-3)9-12-27(2)22(20)7-8-25(27)30;1-5-7(3,4)6-2;6-5(7,8)4(9,10)2-1-3-11/h15-16,18-20,22,28H,4-14H2,1-3H3;5-6H2,1-4H3;11H,1-3H2. The fourth-order valence-corrected chi connectivity index (χ4v) is 8.23. The first kappa shape index (κ1) is 43.7. The van der Waals surface area contributed by atoms with Gasteiger partial charge < -0.3 is 19.7 Å². The zero-order valence-electron chi connectivity index (χ0n) is 32.3. The Kier molecular flexibility index (Phi) is 15.9. The Morgan fingerprint density at radius 1 is 1.02 bits per heavy atom. The van der Waals surface area contributed by atoms with Crippen molar-refractivity contribution in [2.24, 2.45) is 22.7 Å². The molecule has 12 heteroatoms. The van der Waals surface area contributed by atoms with E-state index in [1.165, 1.54) is 24.0 Å². The van der Waals surface area contributed by atoms with Crippen LogP contribution in [0.15, 0.2) is 12.1 Å². The second-order valence-electron chi connectivity index (χ2n) is 16.1. The van der Waals surface area contributed by atoms with Crippen molar-refractivity contribution in [3.63, 3.8) is 0 Å². The number of alkyl halides is 2. The molecule has 1 N–H and O–H groups in total. The number of ketones is 1. The van der Waals surface area contributed by atoms with Gasteiger partial charge in [0.2, 0.25) is 5.92 Å². The van der Waals surface area contributed by atoms with Gasteiger partial charge in [0.05, 0.1) is 30.6 Å². The van der Waals surface area contributed by atoms with E-state index in [9.17, 15) is 18.4 Å². The minimum atomic E-state index is -3.23. The number of rotatable bonds is 10. The van der Waals surface area contributed by atoms with E-state index in [0.717, 1.165) is 57.9 Å². The number of Topliss-reactive ketones (excluding diaryl/α,β-unsaturated/α-hetero) is 1. The lowest BCUT2D eigenvalue weighted by Gasteiger charge is -2.48. The molecule has 1 amide bonds. The minimum absolute atomic E-state index is 0.113. The van der Waals surface area contributed by atoms with Crippen molar-refractivity contribution in [3.8, 4) is 11.5 Å². The van der Waals surface area contributed by atoms with Gasteiger partial charge in [-0.25, -0.2) is 13.6 Å². The van der Waals surface area contributed by atoms with Crippen LogP contribution in [0.2, 0.25) is 5.11 Å². The fourth-order valence-electron chi connectivity index (χ4n) is 8.07. The molecular formula is C39H61B3F2N2O4S. The van der Waals surface area contributed by atoms with Crippen LogP contribution in [-0.4, -0.2) is 84.8 Å². The summed E-state index contributed by atoms with van der Waals surface area (Å²) in [5.41, 5.74) is 3.09. The van der Waals surface area contributed by atoms with Crippen LogP contribution in [0, 0.1) is 22.7 Å². The smallest absolute Gasteiger partial charge is 0.415 e. The number of ether oxygens (including phenoxy) is 2. The first-order valence-electron chi connectivity index (χ1n) is 19.2. The summed E-state index contributed by atoms with van der Waals surface area (Å²) in [7, 11) is 16.2. The van der Waals surface area contributed by atoms with E-state index in [1.54, 1.807) is 7.11 Å². The van der Waals surface area contributed by atoms with Gasteiger partial charge in [0, 0.05) is 37.4 Å². The lowest BCUT2D eigenvalue weighted by molar-refractivity contribution is -0.129. The number of nitrogens with one attached hydrogen (secondary N) is 1. The van der Waals surface area contributed by atoms with Crippen molar-refractivity contribution in [3.05, 3.63) is 23.3 Å². The first-order valence-corrected chi connectivity index (χ1v) is 19.8. The summed E-state index contributed by atoms with van der Waals surface area (Å²) < 4.78 is 37.0. The highest BCUT2D eigenvalue weighted by molar-refractivity contribution is 7.80. The number of fused-ring (bicyclic) bond motifs is 5. The van der Waals surface area contributed by atoms with E-state index < -0.39 is 17.5 Å². The van der Waals surface area contributed by atoms with E-state index in [2.05, 4.69) is 65.6 Å². The molecule has 4 atom stereocenters. The maximum Gasteiger partial charge on any atom is 0.415 e. The van der Waals surface area contributed by atoms with E-state index in [-0.39, 0.29) is 17.9 Å². The van der Waals surface area contributed by atoms with Crippen LogP contribution >= 0.6 is 12.6 Å². The molecule has 1 saturated heterocycles. The van der Waals surface area contributed by atoms with Gasteiger partial charge >= 0.3 is 6.09 Å². The van der Waals surface area contributed by atoms with Crippen LogP contribution in [0.3, 0.4) is 0 Å². The third kappa shape index (κ3) is 10.9. The number of benzene rings is 1. The van der Waals surface area contributed by atoms with Gasteiger partial charge in [-0.2, -0.15) is 12.6 Å². The molecule has 4 aliphatic rings. The molecule has 6 radical (unpaired) electrons. The quantitative estimate of drug-likeness (QED) is 0.187. The van der Waals surface area contributed by atoms with Crippen molar-refractivity contribution in [2.45, 2.75) is 142 Å². The van der Waals surface area contributed by atoms with Gasteiger partial charge in [-0.1, -0.05) is 59.5 Å². The number of hydrogen-bond acceptors (Lipinski definition) is 6. The molecule has 1 aromatic carbocycles. The molecule has 280 valence electrons. The van der Waals surface area contributed by atoms with Crippen molar-refractivity contribution < 1.29 is 27.8 Å². The fraction of sp³-hybridized carbons (Fsp3) is 0.795. The second-order valence-corrected chi connectivity index (χ2v) is 16.5. The summed E-state index contributed by atoms with van der Waals surface area (Å²) in [6, 6.07) is 4.64. The zero-order valence-corrected chi connectivity index (χ0v) is 33.2. The second kappa shape index (κ2) is 18.6. The number of aryl methyl sites for hydroxylation is 1. The molecule has 51 heavy (non-hydrogen) atoms. The van der Waals surface area contributed by atoms with Crippen LogP contribution in [-0.2, 0) is 11.2 Å². The topological polar surface area (TPSA) is 67.9 Å². The van der Waals surface area contributed by atoms with Crippen molar-refractivity contribution in [2.75, 3.05) is 32.5 Å². The Bertz CT molecular complexity index is 1300. The van der Waals surface area contributed by atoms with Gasteiger partial charge in [0.15, 0.2) is 11.5 Å². The Labute approximate surface area is 316 Å². The minimum Gasteiger partial charge on any atom is -0.493 e. The largest absolute Gasteiger partial charge is 0.493 e. The average molecular weight is 724 g/mol. The number of amides is 1. The van der Waals surface area contributed by atoms with Crippen LogP contribution in [0.5, 0.6) is 11.5 Å². The molecule has 6 nitrogen and oxygen atoms in total. The van der Waals surface area contributed by atoms with Crippen molar-refractivity contribution in [1.29, 1.82) is 0 Å². The Morgan fingerprint density at radius 3 is 2.20 bits per heavy atom. The monoisotopic (exact) mass is 724 g/mol. The van der Waals surface area contributed by atoms with E-state index in [4.69, 9.17) is 33.0 Å². The lowest BCUT2D eigenvalue weighted by Crippen LogP contribution is -2.45. The number of carbonyl (C=O) groups excluding carboxylic acids is 2. The number of methoxy groups -OCH3 is 1. The Hall–Kier alpha value is -1.68. The van der Waals surface area contributed by atoms with Crippen LogP contribution in [0.4, 0.5) is 13.6 Å². The van der Waals surface area contributed by atoms with Gasteiger partial charge in [-0.05, 0) is 110 Å². The predicted octanol–water partition coefficient (Wildman–Crippen LogP) is 8.44. The molecule has 1 heterocycles. The molecular weight excluding hydrogens is 663 g/mol. The molecule has 2 saturated carbocycles. The highest BCUT2D eigenvalue weighted by atomic mass is 32.1. The Morgan fingerprint density at radius 2 is 1.67 bits per heavy atom. The molecule has 1 aromatic rings. The molecule has 5 rings (SSSR count). The highest BCUT2D eigenvalue weighted by Crippen LogP contribution is 2.60. The molecule has 4 unspecified atom stereocenters. The van der Waals surface area contributed by atoms with E-state index >= 15 is 0 Å². The summed E-state index contributed by atoms with van der Waals surface area (Å²) in [5, 5.41) is 1.05. The maximum atomic E-state index is 12.9. The van der Waals surface area contributed by atoms with Gasteiger partial charge in [0.25, 0.3) is 0 Å². The van der Waals surface area contributed by atoms with Gasteiger partial charge in [-0.3, -0.25) is 4.79 Å². The van der Waals surface area contributed by atoms with Crippen LogP contribution < -0.4 is 14.8 Å². The summed E-state index contributed by atoms with van der Waals surface area (Å²) in [6.07, 6.45) is 9.95. The molecule has 0 aromatic heterocycles. The molecule has 3 fully saturated rings. The molecule has 3 aliphatic carbocycles. The van der Waals surface area contributed by atoms with Crippen molar-refractivity contribution in [1.82, 2.24) is 10.2 Å². The zero-order chi connectivity index (χ0) is 38.2. The van der Waals surface area contributed by atoms with Gasteiger partial charge in [-0.15, -0.1) is 0 Å². The number of thiol groups is 1. The third-order valence-corrected chi connectivity index (χ3v) is 12.7. The number of hydrogen-bond donors (Lipinski definition) is 2. The number of halogens is 2. The first-order chi connectivity index (χ1) is 23.9. The number of likely N-dealkylation sites (tertiary alicyclic amines) is 1. The predicted molar refractivity (Wildman–Crippen MR) is 209 cm³/mol. The molecule has 0 spiro atoms. The Balaban J connectivity index is 0.000000324. The van der Waals surface area contributed by atoms with Crippen molar-refractivity contribution >= 4 is 48.0 Å². The number of carbonyl (C=O) groups is 2. The van der Waals surface area contributed by atoms with E-state index in [0.29, 0.717) is 65.3 Å². The SMILES string of the molecule is CCC(C)(C)CC.CCNC1CCN(C(=O)Oc2cc3c(cc2OC)C2CCC4(C)C(=O)CCC4C2CC3)CC1.[B]C([B])([B])C(F)(F)CCCS. The number of nitrogens with zero attached hydrogens (tertiary/aromatic N) is 1. The summed E-state index contributed by atoms with van der Waals surface area (Å²) >= 11 is 3.77. The maximum absolute atomic E-state index is 12.9. The van der Waals surface area contributed by atoms with Gasteiger partial charge in [0.1, 0.15) is 5.78 Å². The summed E-state index contributed by atoms with van der Waals surface area (Å²) in [5.74, 6) is 0.338. The third-order valence-electron chi connectivity index (χ3n) is 12.4. The lowest BCUT2D eigenvalue weighted by atomic mass is 9.39. The molecule has 1 aliphatic heterocycles. The molecule has 0 bridgehead atoms. The van der Waals surface area contributed by atoms with Crippen LogP contribution in [0.25, 0.3) is 0 Å². The summed E-state index contributed by atoms with van der Waals surface area (Å²) in [4.78, 5) is 27.3. The highest BCUT2D eigenvalue weighted by Gasteiger charge is 2.54.